The van der Waals surface area contributed by atoms with Gasteiger partial charge in [-0.05, 0) is 44.2 Å². The number of nitrogens with zero attached hydrogens (tertiary/aromatic N) is 1. The van der Waals surface area contributed by atoms with Crippen molar-refractivity contribution in [2.45, 2.75) is 44.6 Å². The Hall–Kier alpha value is -0.840. The Kier molecular flexibility index (Phi) is 12.7. The smallest absolute Gasteiger partial charge is 0.191 e. The second kappa shape index (κ2) is 15.0. The maximum absolute atomic E-state index is 5.79. The molecule has 0 saturated carbocycles. The quantitative estimate of drug-likeness (QED) is 0.202. The minimum Gasteiger partial charge on any atom is -0.469 e. The second-order valence-electron chi connectivity index (χ2n) is 7.52. The van der Waals surface area contributed by atoms with Gasteiger partial charge in [0, 0.05) is 45.2 Å². The third-order valence-corrected chi connectivity index (χ3v) is 5.11. The summed E-state index contributed by atoms with van der Waals surface area (Å²) in [6, 6.07) is 3.91. The zero-order valence-electron chi connectivity index (χ0n) is 17.3. The highest BCUT2D eigenvalue weighted by molar-refractivity contribution is 14.0. The van der Waals surface area contributed by atoms with E-state index in [1.54, 1.807) is 6.26 Å². The van der Waals surface area contributed by atoms with Crippen molar-refractivity contribution < 1.29 is 18.6 Å². The number of hydrogen-bond donors (Lipinski definition) is 2. The van der Waals surface area contributed by atoms with E-state index in [0.717, 1.165) is 83.5 Å². The molecule has 2 aliphatic heterocycles. The third kappa shape index (κ3) is 10.1. The van der Waals surface area contributed by atoms with Crippen molar-refractivity contribution in [3.63, 3.8) is 0 Å². The Bertz CT molecular complexity index is 544. The normalized spacial score (nSPS) is 22.3. The van der Waals surface area contributed by atoms with Gasteiger partial charge < -0.3 is 29.3 Å². The summed E-state index contributed by atoms with van der Waals surface area (Å²) in [6.45, 7) is 6.47. The molecule has 1 aromatic heterocycles. The molecule has 3 rings (SSSR count). The van der Waals surface area contributed by atoms with Gasteiger partial charge in [0.1, 0.15) is 5.76 Å². The molecule has 0 radical (unpaired) electrons. The summed E-state index contributed by atoms with van der Waals surface area (Å²) in [5.41, 5.74) is 0. The monoisotopic (exact) mass is 521 g/mol. The molecule has 7 nitrogen and oxygen atoms in total. The molecule has 0 aliphatic carbocycles. The Labute approximate surface area is 191 Å². The molecule has 2 N–H and O–H groups in total. The molecule has 0 amide bonds. The van der Waals surface area contributed by atoms with Gasteiger partial charge in [0.25, 0.3) is 0 Å². The topological polar surface area (TPSA) is 77.3 Å². The van der Waals surface area contributed by atoms with Crippen molar-refractivity contribution in [1.29, 1.82) is 0 Å². The van der Waals surface area contributed by atoms with Crippen molar-refractivity contribution in [3.05, 3.63) is 24.2 Å². The van der Waals surface area contributed by atoms with Gasteiger partial charge in [0.2, 0.25) is 0 Å². The zero-order valence-corrected chi connectivity index (χ0v) is 19.6. The maximum Gasteiger partial charge on any atom is 0.191 e. The molecule has 2 fully saturated rings. The highest BCUT2D eigenvalue weighted by atomic mass is 127. The van der Waals surface area contributed by atoms with E-state index >= 15 is 0 Å². The fourth-order valence-corrected chi connectivity index (χ4v) is 3.42. The molecule has 1 aromatic rings. The molecule has 166 valence electrons. The van der Waals surface area contributed by atoms with Crippen LogP contribution in [0.3, 0.4) is 0 Å². The predicted octanol–water partition coefficient (Wildman–Crippen LogP) is 2.99. The summed E-state index contributed by atoms with van der Waals surface area (Å²) in [7, 11) is 0. The van der Waals surface area contributed by atoms with E-state index in [2.05, 4.69) is 10.6 Å². The fourth-order valence-electron chi connectivity index (χ4n) is 3.42. The molecule has 0 bridgehead atoms. The number of furan rings is 1. The van der Waals surface area contributed by atoms with Crippen LogP contribution in [0.5, 0.6) is 0 Å². The van der Waals surface area contributed by atoms with E-state index in [1.807, 2.05) is 12.1 Å². The van der Waals surface area contributed by atoms with Gasteiger partial charge in [-0.25, -0.2) is 0 Å². The molecule has 2 atom stereocenters. The Morgan fingerprint density at radius 2 is 2.10 bits per heavy atom. The lowest BCUT2D eigenvalue weighted by Crippen LogP contribution is -2.40. The molecular formula is C21H36IN3O4. The van der Waals surface area contributed by atoms with Gasteiger partial charge in [-0.1, -0.05) is 0 Å². The standard InChI is InChI=1S/C21H35N3O4.HI/c1-2-12-28-20(5-1)15-24-21(23-10-7-19-6-3-13-27-19)22-9-4-11-25-16-18-8-14-26-17-18;/h3,6,13,18,20H,1-2,4-5,7-12,14-17H2,(H2,22,23,24);1H. The number of guanidine groups is 1. The number of ether oxygens (including phenoxy) is 3. The lowest BCUT2D eigenvalue weighted by molar-refractivity contribution is 0.0224. The lowest BCUT2D eigenvalue weighted by atomic mass is 10.1. The Balaban J connectivity index is 0.00000300. The number of rotatable bonds is 11. The number of halogens is 1. The van der Waals surface area contributed by atoms with Crippen molar-refractivity contribution in [2.75, 3.05) is 52.7 Å². The highest BCUT2D eigenvalue weighted by Crippen LogP contribution is 2.13. The van der Waals surface area contributed by atoms with Gasteiger partial charge in [0.05, 0.1) is 32.1 Å². The largest absolute Gasteiger partial charge is 0.469 e. The Morgan fingerprint density at radius 3 is 2.86 bits per heavy atom. The second-order valence-corrected chi connectivity index (χ2v) is 7.52. The van der Waals surface area contributed by atoms with Crippen LogP contribution in [0.2, 0.25) is 0 Å². The molecular weight excluding hydrogens is 485 g/mol. The van der Waals surface area contributed by atoms with E-state index < -0.39 is 0 Å². The van der Waals surface area contributed by atoms with Crippen molar-refractivity contribution in [2.24, 2.45) is 10.9 Å². The minimum absolute atomic E-state index is 0. The molecule has 3 heterocycles. The van der Waals surface area contributed by atoms with E-state index in [0.29, 0.717) is 12.5 Å². The molecule has 0 spiro atoms. The SMILES string of the molecule is I.c1coc(CCNC(=NCC2CCCCO2)NCCCOCC2CCOC2)c1. The van der Waals surface area contributed by atoms with Crippen LogP contribution in [0.1, 0.15) is 37.9 Å². The molecule has 8 heteroatoms. The summed E-state index contributed by atoms with van der Waals surface area (Å²) < 4.78 is 22.3. The van der Waals surface area contributed by atoms with E-state index in [4.69, 9.17) is 23.6 Å². The van der Waals surface area contributed by atoms with Gasteiger partial charge in [-0.3, -0.25) is 4.99 Å². The predicted molar refractivity (Wildman–Crippen MR) is 124 cm³/mol. The van der Waals surface area contributed by atoms with Crippen molar-refractivity contribution in [3.8, 4) is 0 Å². The molecule has 29 heavy (non-hydrogen) atoms. The van der Waals surface area contributed by atoms with Crippen LogP contribution in [-0.2, 0) is 20.6 Å². The third-order valence-electron chi connectivity index (χ3n) is 5.11. The number of nitrogens with one attached hydrogen (secondary N) is 2. The molecule has 2 aliphatic rings. The molecule has 0 aromatic carbocycles. The number of hydrogen-bond acceptors (Lipinski definition) is 5. The first-order chi connectivity index (χ1) is 13.9. The summed E-state index contributed by atoms with van der Waals surface area (Å²) in [5, 5.41) is 6.82. The molecule has 2 unspecified atom stereocenters. The zero-order chi connectivity index (χ0) is 19.3. The average molecular weight is 521 g/mol. The van der Waals surface area contributed by atoms with Crippen LogP contribution >= 0.6 is 24.0 Å². The van der Waals surface area contributed by atoms with Gasteiger partial charge in [-0.15, -0.1) is 24.0 Å². The average Bonchev–Trinajstić information content (AvgIpc) is 3.43. The first-order valence-corrected chi connectivity index (χ1v) is 10.7. The summed E-state index contributed by atoms with van der Waals surface area (Å²) >= 11 is 0. The van der Waals surface area contributed by atoms with Crippen LogP contribution in [0.15, 0.2) is 27.8 Å². The fraction of sp³-hybridized carbons (Fsp3) is 0.762. The minimum atomic E-state index is 0. The van der Waals surface area contributed by atoms with Gasteiger partial charge >= 0.3 is 0 Å². The molecule has 2 saturated heterocycles. The van der Waals surface area contributed by atoms with Crippen molar-refractivity contribution in [1.82, 2.24) is 10.6 Å². The highest BCUT2D eigenvalue weighted by Gasteiger charge is 2.15. The summed E-state index contributed by atoms with van der Waals surface area (Å²) in [5.74, 6) is 2.39. The first-order valence-electron chi connectivity index (χ1n) is 10.7. The van der Waals surface area contributed by atoms with Crippen LogP contribution in [0, 0.1) is 5.92 Å². The van der Waals surface area contributed by atoms with Crippen LogP contribution < -0.4 is 10.6 Å². The van der Waals surface area contributed by atoms with Crippen LogP contribution in [0.4, 0.5) is 0 Å². The van der Waals surface area contributed by atoms with Gasteiger partial charge in [0.15, 0.2) is 5.96 Å². The first kappa shape index (κ1) is 24.4. The van der Waals surface area contributed by atoms with E-state index in [1.165, 1.54) is 12.8 Å². The maximum atomic E-state index is 5.79. The number of aliphatic imine (C=N–C) groups is 1. The van der Waals surface area contributed by atoms with Crippen LogP contribution in [-0.4, -0.2) is 64.7 Å². The lowest BCUT2D eigenvalue weighted by Gasteiger charge is -2.21. The van der Waals surface area contributed by atoms with Crippen LogP contribution in [0.25, 0.3) is 0 Å². The van der Waals surface area contributed by atoms with E-state index in [-0.39, 0.29) is 30.1 Å². The van der Waals surface area contributed by atoms with Crippen molar-refractivity contribution >= 4 is 29.9 Å². The van der Waals surface area contributed by atoms with E-state index in [9.17, 15) is 0 Å². The Morgan fingerprint density at radius 1 is 1.17 bits per heavy atom. The summed E-state index contributed by atoms with van der Waals surface area (Å²) in [4.78, 5) is 4.73. The van der Waals surface area contributed by atoms with Gasteiger partial charge in [-0.2, -0.15) is 0 Å². The summed E-state index contributed by atoms with van der Waals surface area (Å²) in [6.07, 6.45) is 8.36.